The van der Waals surface area contributed by atoms with E-state index in [0.717, 1.165) is 34.2 Å². The van der Waals surface area contributed by atoms with Gasteiger partial charge in [0.25, 0.3) is 0 Å². The van der Waals surface area contributed by atoms with Crippen LogP contribution in [0.3, 0.4) is 0 Å². The van der Waals surface area contributed by atoms with E-state index >= 15 is 0 Å². The lowest BCUT2D eigenvalue weighted by atomic mass is 10.2. The summed E-state index contributed by atoms with van der Waals surface area (Å²) in [5.74, 6) is 1.61. The van der Waals surface area contributed by atoms with Crippen molar-refractivity contribution in [2.75, 3.05) is 5.32 Å². The smallest absolute Gasteiger partial charge is 0.162 e. The number of nitrogens with one attached hydrogen (secondary N) is 1. The van der Waals surface area contributed by atoms with Crippen LogP contribution in [0.15, 0.2) is 35.0 Å². The predicted octanol–water partition coefficient (Wildman–Crippen LogP) is 2.75. The molecule has 1 saturated heterocycles. The predicted molar refractivity (Wildman–Crippen MR) is 87.5 cm³/mol. The van der Waals surface area contributed by atoms with Gasteiger partial charge in [-0.05, 0) is 32.9 Å². The molecule has 0 spiro atoms. The molecule has 0 aromatic carbocycles. The average molecular weight is 325 g/mol. The monoisotopic (exact) mass is 325 g/mol. The van der Waals surface area contributed by atoms with Crippen molar-refractivity contribution in [2.24, 2.45) is 0 Å². The largest absolute Gasteiger partial charge is 0.361 e. The Balaban J connectivity index is 1.40. The molecule has 4 rings (SSSR count). The molecule has 0 bridgehead atoms. The molecule has 124 valence electrons. The SMILES string of the molecule is Cc1cccc(C2OC2Nc2ccn(Cc3c(C)noc3C)n2)n1. The minimum Gasteiger partial charge on any atom is -0.361 e. The van der Waals surface area contributed by atoms with Gasteiger partial charge >= 0.3 is 0 Å². The van der Waals surface area contributed by atoms with Gasteiger partial charge in [-0.25, -0.2) is 0 Å². The maximum Gasteiger partial charge on any atom is 0.162 e. The number of epoxide rings is 1. The number of hydrogen-bond acceptors (Lipinski definition) is 6. The van der Waals surface area contributed by atoms with Gasteiger partial charge in [-0.15, -0.1) is 0 Å². The molecule has 0 saturated carbocycles. The Kier molecular flexibility index (Phi) is 3.57. The highest BCUT2D eigenvalue weighted by Gasteiger charge is 2.41. The first-order chi connectivity index (χ1) is 11.6. The Hall–Kier alpha value is -2.67. The van der Waals surface area contributed by atoms with Gasteiger partial charge in [0.1, 0.15) is 17.7 Å². The van der Waals surface area contributed by atoms with Crippen molar-refractivity contribution < 1.29 is 9.26 Å². The molecule has 1 aliphatic rings. The van der Waals surface area contributed by atoms with Crippen molar-refractivity contribution in [1.29, 1.82) is 0 Å². The van der Waals surface area contributed by atoms with Gasteiger partial charge in [-0.3, -0.25) is 9.67 Å². The molecule has 7 nitrogen and oxygen atoms in total. The maximum atomic E-state index is 5.67. The second-order valence-corrected chi connectivity index (χ2v) is 6.03. The van der Waals surface area contributed by atoms with Crippen LogP contribution in [0.5, 0.6) is 0 Å². The number of rotatable bonds is 5. The quantitative estimate of drug-likeness (QED) is 0.726. The normalized spacial score (nSPS) is 19.5. The summed E-state index contributed by atoms with van der Waals surface area (Å²) in [6, 6.07) is 7.88. The van der Waals surface area contributed by atoms with E-state index in [-0.39, 0.29) is 12.3 Å². The van der Waals surface area contributed by atoms with Crippen LogP contribution < -0.4 is 5.32 Å². The van der Waals surface area contributed by atoms with E-state index < -0.39 is 0 Å². The van der Waals surface area contributed by atoms with E-state index in [2.05, 4.69) is 20.6 Å². The van der Waals surface area contributed by atoms with Crippen LogP contribution in [0.2, 0.25) is 0 Å². The number of aryl methyl sites for hydroxylation is 3. The van der Waals surface area contributed by atoms with E-state index in [4.69, 9.17) is 9.26 Å². The van der Waals surface area contributed by atoms with Crippen molar-refractivity contribution in [3.63, 3.8) is 0 Å². The second kappa shape index (κ2) is 5.76. The summed E-state index contributed by atoms with van der Waals surface area (Å²) in [7, 11) is 0. The van der Waals surface area contributed by atoms with Crippen LogP contribution in [0.25, 0.3) is 0 Å². The van der Waals surface area contributed by atoms with Gasteiger partial charge in [0, 0.05) is 23.5 Å². The van der Waals surface area contributed by atoms with E-state index in [1.165, 1.54) is 0 Å². The molecule has 4 heterocycles. The van der Waals surface area contributed by atoms with Crippen LogP contribution in [-0.2, 0) is 11.3 Å². The van der Waals surface area contributed by atoms with E-state index in [0.29, 0.717) is 6.54 Å². The van der Waals surface area contributed by atoms with E-state index in [1.807, 2.05) is 55.9 Å². The number of aromatic nitrogens is 4. The highest BCUT2D eigenvalue weighted by atomic mass is 16.6. The second-order valence-electron chi connectivity index (χ2n) is 6.03. The first-order valence-electron chi connectivity index (χ1n) is 7.91. The Bertz CT molecular complexity index is 850. The topological polar surface area (TPSA) is 81.3 Å². The molecule has 0 amide bonds. The lowest BCUT2D eigenvalue weighted by Crippen LogP contribution is -2.07. The molecule has 0 radical (unpaired) electrons. The molecule has 2 unspecified atom stereocenters. The van der Waals surface area contributed by atoms with Gasteiger partial charge in [-0.1, -0.05) is 11.2 Å². The minimum atomic E-state index is -0.0817. The third-order valence-electron chi connectivity index (χ3n) is 4.13. The molecule has 7 heteroatoms. The van der Waals surface area contributed by atoms with Crippen molar-refractivity contribution >= 4 is 5.82 Å². The van der Waals surface area contributed by atoms with Gasteiger partial charge in [0.05, 0.1) is 17.9 Å². The molecule has 1 N–H and O–H groups in total. The fourth-order valence-corrected chi connectivity index (χ4v) is 2.73. The lowest BCUT2D eigenvalue weighted by molar-refractivity contribution is 0.382. The molecule has 1 aliphatic heterocycles. The molecular weight excluding hydrogens is 306 g/mol. The van der Waals surface area contributed by atoms with Crippen LogP contribution in [0.4, 0.5) is 5.82 Å². The van der Waals surface area contributed by atoms with Gasteiger partial charge in [0.15, 0.2) is 6.23 Å². The van der Waals surface area contributed by atoms with Crippen LogP contribution in [0, 0.1) is 20.8 Å². The fraction of sp³-hybridized carbons (Fsp3) is 0.353. The zero-order valence-corrected chi connectivity index (χ0v) is 13.9. The number of anilines is 1. The number of pyridine rings is 1. The van der Waals surface area contributed by atoms with Gasteiger partial charge in [-0.2, -0.15) is 5.10 Å². The standard InChI is InChI=1S/C17H19N5O2/c1-10-5-4-6-14(18-10)16-17(23-16)19-15-7-8-22(20-15)9-13-11(2)21-24-12(13)3/h4-8,16-17H,9H2,1-3H3,(H,19,20). The first kappa shape index (κ1) is 14.9. The van der Waals surface area contributed by atoms with E-state index in [1.54, 1.807) is 0 Å². The van der Waals surface area contributed by atoms with Crippen LogP contribution in [-0.4, -0.2) is 26.1 Å². The van der Waals surface area contributed by atoms with E-state index in [9.17, 15) is 0 Å². The highest BCUT2D eigenvalue weighted by Crippen LogP contribution is 2.37. The summed E-state index contributed by atoms with van der Waals surface area (Å²) in [4.78, 5) is 4.49. The average Bonchev–Trinajstić information content (AvgIpc) is 3.07. The Morgan fingerprint density at radius 1 is 1.21 bits per heavy atom. The summed E-state index contributed by atoms with van der Waals surface area (Å²) in [6.45, 7) is 6.46. The van der Waals surface area contributed by atoms with Crippen LogP contribution >= 0.6 is 0 Å². The molecule has 0 aliphatic carbocycles. The summed E-state index contributed by atoms with van der Waals surface area (Å²) in [5.41, 5.74) is 3.90. The summed E-state index contributed by atoms with van der Waals surface area (Å²) < 4.78 is 12.7. The number of hydrogen-bond donors (Lipinski definition) is 1. The number of nitrogens with zero attached hydrogens (tertiary/aromatic N) is 4. The zero-order valence-electron chi connectivity index (χ0n) is 13.9. The third kappa shape index (κ3) is 2.90. The van der Waals surface area contributed by atoms with Crippen molar-refractivity contribution in [2.45, 2.75) is 39.6 Å². The lowest BCUT2D eigenvalue weighted by Gasteiger charge is -2.01. The maximum absolute atomic E-state index is 5.67. The summed E-state index contributed by atoms with van der Waals surface area (Å²) in [5, 5.41) is 11.8. The number of ether oxygens (including phenoxy) is 1. The fourth-order valence-electron chi connectivity index (χ4n) is 2.73. The Morgan fingerprint density at radius 2 is 2.08 bits per heavy atom. The Labute approximate surface area is 139 Å². The van der Waals surface area contributed by atoms with Crippen molar-refractivity contribution in [3.8, 4) is 0 Å². The van der Waals surface area contributed by atoms with Crippen molar-refractivity contribution in [3.05, 3.63) is 58.9 Å². The van der Waals surface area contributed by atoms with Crippen molar-refractivity contribution in [1.82, 2.24) is 19.9 Å². The van der Waals surface area contributed by atoms with Gasteiger partial charge in [0.2, 0.25) is 0 Å². The summed E-state index contributed by atoms with van der Waals surface area (Å²) >= 11 is 0. The highest BCUT2D eigenvalue weighted by molar-refractivity contribution is 5.36. The first-order valence-corrected chi connectivity index (χ1v) is 7.91. The third-order valence-corrected chi connectivity index (χ3v) is 4.13. The van der Waals surface area contributed by atoms with Gasteiger partial charge < -0.3 is 14.6 Å². The zero-order chi connectivity index (χ0) is 16.7. The summed E-state index contributed by atoms with van der Waals surface area (Å²) in [6.07, 6.45) is 1.83. The van der Waals surface area contributed by atoms with Crippen LogP contribution in [0.1, 0.15) is 34.5 Å². The Morgan fingerprint density at radius 3 is 2.83 bits per heavy atom. The molecular formula is C17H19N5O2. The minimum absolute atomic E-state index is 0.0161. The molecule has 2 atom stereocenters. The molecule has 24 heavy (non-hydrogen) atoms. The molecule has 3 aromatic heterocycles. The molecule has 1 fully saturated rings. The molecule has 3 aromatic rings.